The Bertz CT molecular complexity index is 146. The summed E-state index contributed by atoms with van der Waals surface area (Å²) in [5.74, 6) is 0. The summed E-state index contributed by atoms with van der Waals surface area (Å²) in [7, 11) is 6.86. The molecule has 0 aliphatic rings. The first kappa shape index (κ1) is 20.7. The Balaban J connectivity index is 0. The fourth-order valence-electron chi connectivity index (χ4n) is 2.07. The molecule has 0 saturated carbocycles. The van der Waals surface area contributed by atoms with Crippen molar-refractivity contribution in [3.8, 4) is 0 Å². The van der Waals surface area contributed by atoms with Gasteiger partial charge in [0.2, 0.25) is 0 Å². The highest BCUT2D eigenvalue weighted by Gasteiger charge is 2.04. The van der Waals surface area contributed by atoms with Gasteiger partial charge in [-0.15, -0.1) is 0 Å². The highest BCUT2D eigenvalue weighted by molar-refractivity contribution is 9.04. The number of unbranched alkanes of at least 4 members (excludes halogenated alkanes) is 9. The summed E-state index contributed by atoms with van der Waals surface area (Å²) in [5.41, 5.74) is 0. The van der Waals surface area contributed by atoms with Crippen LogP contribution in [-0.2, 0) is 0 Å². The first-order valence-electron chi connectivity index (χ1n) is 7.52. The average molecular weight is 324 g/mol. The predicted molar refractivity (Wildman–Crippen MR) is 83.7 cm³/mol. The van der Waals surface area contributed by atoms with E-state index in [2.05, 4.69) is 28.1 Å². The van der Waals surface area contributed by atoms with E-state index in [9.17, 15) is 0 Å². The van der Waals surface area contributed by atoms with Crippen LogP contribution in [0.15, 0.2) is 0 Å². The van der Waals surface area contributed by atoms with Gasteiger partial charge in [-0.3, -0.25) is 0 Å². The van der Waals surface area contributed by atoms with Crippen LogP contribution in [0.3, 0.4) is 0 Å². The second kappa shape index (κ2) is 15.5. The average Bonchev–Trinajstić information content (AvgIpc) is 2.33. The third-order valence-electron chi connectivity index (χ3n) is 3.18. The molecule has 0 aromatic heterocycles. The van der Waals surface area contributed by atoms with Crippen molar-refractivity contribution in [2.24, 2.45) is 0 Å². The van der Waals surface area contributed by atoms with Gasteiger partial charge >= 0.3 is 0 Å². The van der Waals surface area contributed by atoms with Gasteiger partial charge in [-0.1, -0.05) is 58.3 Å². The largest absolute Gasteiger partial charge is 0.791 e. The lowest BCUT2D eigenvalue weighted by atomic mass is 10.1. The fourth-order valence-corrected chi connectivity index (χ4v) is 2.07. The number of nitrogens with zero attached hydrogens (tertiary/aromatic N) is 1. The van der Waals surface area contributed by atoms with E-state index in [0.29, 0.717) is 0 Å². The van der Waals surface area contributed by atoms with Crippen LogP contribution in [0.4, 0.5) is 0 Å². The van der Waals surface area contributed by atoms with E-state index < -0.39 is 0 Å². The zero-order valence-corrected chi connectivity index (χ0v) is 14.6. The van der Waals surface area contributed by atoms with E-state index in [-0.39, 0.29) is 0 Å². The van der Waals surface area contributed by atoms with Crippen LogP contribution in [0.5, 0.6) is 0 Å². The van der Waals surface area contributed by atoms with Crippen molar-refractivity contribution < 1.29 is 8.68 Å². The molecule has 0 aromatic rings. The Morgan fingerprint density at radius 3 is 1.33 bits per heavy atom. The first-order chi connectivity index (χ1) is 8.56. The Hall–Kier alpha value is 0.400. The molecular weight excluding hydrogens is 290 g/mol. The molecule has 0 heterocycles. The fraction of sp³-hybridized carbons (Fsp3) is 1.00. The molecule has 0 aliphatic carbocycles. The predicted octanol–water partition coefficient (Wildman–Crippen LogP) is 4.27. The van der Waals surface area contributed by atoms with Crippen LogP contribution in [0, 0.1) is 0 Å². The number of hydrogen-bond acceptors (Lipinski definition) is 1. The molecule has 0 N–H and O–H groups in total. The Labute approximate surface area is 124 Å². The molecule has 0 spiro atoms. The van der Waals surface area contributed by atoms with Crippen molar-refractivity contribution in [1.29, 1.82) is 0 Å². The molecule has 0 bridgehead atoms. The van der Waals surface area contributed by atoms with E-state index in [0.717, 1.165) is 4.48 Å². The van der Waals surface area contributed by atoms with Gasteiger partial charge in [0.15, 0.2) is 0 Å². The van der Waals surface area contributed by atoms with Gasteiger partial charge in [0.25, 0.3) is 0 Å². The standard InChI is InChI=1S/C15H34N.BrO/c1-5-6-7-8-9-10-11-12-13-14-15-16(2,3)4;1-2/h5-15H2,1-4H3;/q+1;-1. The monoisotopic (exact) mass is 323 g/mol. The van der Waals surface area contributed by atoms with Crippen LogP contribution >= 0.6 is 16.3 Å². The minimum absolute atomic E-state index is 1.12. The molecule has 0 unspecified atom stereocenters. The Morgan fingerprint density at radius 2 is 1.00 bits per heavy atom. The Kier molecular flexibility index (Phi) is 17.8. The van der Waals surface area contributed by atoms with Gasteiger partial charge in [-0.2, -0.15) is 0 Å². The van der Waals surface area contributed by atoms with E-state index in [1.54, 1.807) is 16.3 Å². The zero-order chi connectivity index (χ0) is 14.3. The third-order valence-corrected chi connectivity index (χ3v) is 3.18. The van der Waals surface area contributed by atoms with E-state index in [1.807, 2.05) is 0 Å². The topological polar surface area (TPSA) is 23.1 Å². The normalized spacial score (nSPS) is 11.0. The van der Waals surface area contributed by atoms with Crippen LogP contribution in [-0.4, -0.2) is 32.2 Å². The summed E-state index contributed by atoms with van der Waals surface area (Å²) in [6, 6.07) is 0. The summed E-state index contributed by atoms with van der Waals surface area (Å²) in [5, 5.41) is 0. The molecule has 0 radical (unpaired) electrons. The number of rotatable bonds is 11. The maximum absolute atomic E-state index is 8.06. The lowest BCUT2D eigenvalue weighted by Gasteiger charge is -2.23. The summed E-state index contributed by atoms with van der Waals surface area (Å²) < 4.78 is 9.18. The number of halogens is 1. The molecule has 0 fully saturated rings. The molecule has 18 heavy (non-hydrogen) atoms. The summed E-state index contributed by atoms with van der Waals surface area (Å²) in [4.78, 5) is 0. The molecule has 0 amide bonds. The van der Waals surface area contributed by atoms with Crippen LogP contribution in [0.25, 0.3) is 0 Å². The van der Waals surface area contributed by atoms with Gasteiger partial charge < -0.3 is 8.68 Å². The van der Waals surface area contributed by atoms with Crippen molar-refractivity contribution >= 4 is 16.3 Å². The van der Waals surface area contributed by atoms with E-state index >= 15 is 0 Å². The van der Waals surface area contributed by atoms with Crippen molar-refractivity contribution in [3.05, 3.63) is 0 Å². The van der Waals surface area contributed by atoms with E-state index in [1.165, 1.54) is 70.8 Å². The second-order valence-corrected chi connectivity index (χ2v) is 6.20. The van der Waals surface area contributed by atoms with Gasteiger partial charge in [0.05, 0.1) is 27.7 Å². The highest BCUT2D eigenvalue weighted by atomic mass is 79.9. The molecule has 112 valence electrons. The molecular formula is C15H34BrNO. The minimum atomic E-state index is 1.12. The maximum atomic E-state index is 8.06. The maximum Gasteiger partial charge on any atom is 0.0780 e. The molecule has 0 saturated heterocycles. The van der Waals surface area contributed by atoms with Gasteiger partial charge in [-0.25, -0.2) is 16.3 Å². The summed E-state index contributed by atoms with van der Waals surface area (Å²) >= 11 is 1.69. The van der Waals surface area contributed by atoms with Crippen LogP contribution < -0.4 is 4.20 Å². The lowest BCUT2D eigenvalue weighted by molar-refractivity contribution is -0.870. The second-order valence-electron chi connectivity index (χ2n) is 6.20. The molecule has 2 nitrogen and oxygen atoms in total. The highest BCUT2D eigenvalue weighted by Crippen LogP contribution is 2.10. The van der Waals surface area contributed by atoms with Crippen molar-refractivity contribution in [3.63, 3.8) is 0 Å². The van der Waals surface area contributed by atoms with Crippen LogP contribution in [0.2, 0.25) is 0 Å². The van der Waals surface area contributed by atoms with Gasteiger partial charge in [-0.05, 0) is 12.8 Å². The van der Waals surface area contributed by atoms with Gasteiger partial charge in [0, 0.05) is 0 Å². The van der Waals surface area contributed by atoms with Crippen molar-refractivity contribution in [1.82, 2.24) is 0 Å². The summed E-state index contributed by atoms with van der Waals surface area (Å²) in [6.07, 6.45) is 14.4. The molecule has 0 aromatic carbocycles. The quantitative estimate of drug-likeness (QED) is 0.411. The molecule has 3 heteroatoms. The molecule has 0 atom stereocenters. The van der Waals surface area contributed by atoms with Crippen LogP contribution in [0.1, 0.15) is 71.1 Å². The minimum Gasteiger partial charge on any atom is -0.791 e. The Morgan fingerprint density at radius 1 is 0.667 bits per heavy atom. The first-order valence-corrected chi connectivity index (χ1v) is 8.17. The zero-order valence-electron chi connectivity index (χ0n) is 13.0. The van der Waals surface area contributed by atoms with Crippen molar-refractivity contribution in [2.75, 3.05) is 27.7 Å². The molecule has 0 aliphatic heterocycles. The SMILES string of the molecule is CCCCCCCCCCCC[N+](C)(C)C.[O-]Br. The lowest BCUT2D eigenvalue weighted by Crippen LogP contribution is -2.35. The van der Waals surface area contributed by atoms with Crippen molar-refractivity contribution in [2.45, 2.75) is 71.1 Å². The van der Waals surface area contributed by atoms with E-state index in [4.69, 9.17) is 4.20 Å². The summed E-state index contributed by atoms with van der Waals surface area (Å²) in [6.45, 7) is 3.62. The van der Waals surface area contributed by atoms with Gasteiger partial charge in [0.1, 0.15) is 0 Å². The smallest absolute Gasteiger partial charge is 0.0780 e. The number of hydrogen-bond donors (Lipinski definition) is 0. The molecule has 0 rings (SSSR count). The number of quaternary nitrogens is 1. The third kappa shape index (κ3) is 21.7.